The Labute approximate surface area is 132 Å². The van der Waals surface area contributed by atoms with Gasteiger partial charge in [0.15, 0.2) is 0 Å². The van der Waals surface area contributed by atoms with E-state index in [0.717, 1.165) is 6.07 Å². The van der Waals surface area contributed by atoms with E-state index in [2.05, 4.69) is 4.72 Å². The fraction of sp³-hybridized carbons (Fsp3) is 0.417. The predicted octanol–water partition coefficient (Wildman–Crippen LogP) is 1.43. The summed E-state index contributed by atoms with van der Waals surface area (Å²) in [5.74, 6) is -0.907. The number of carboxylic acid groups (broad SMARTS) is 1. The van der Waals surface area contributed by atoms with Crippen LogP contribution in [-0.2, 0) is 10.0 Å². The van der Waals surface area contributed by atoms with Crippen LogP contribution in [0.15, 0.2) is 23.1 Å². The molecule has 0 aliphatic rings. The molecule has 3 N–H and O–H groups in total. The van der Waals surface area contributed by atoms with Gasteiger partial charge in [-0.15, -0.1) is 0 Å². The van der Waals surface area contributed by atoms with Crippen molar-refractivity contribution in [3.63, 3.8) is 0 Å². The Kier molecular flexibility index (Phi) is 6.06. The molecule has 0 heterocycles. The number of aliphatic hydroxyl groups is 1. The van der Waals surface area contributed by atoms with Gasteiger partial charge in [0.1, 0.15) is 4.90 Å². The SMILES string of the molecule is CSCC(C)(O)CNS(=O)(=O)c1cc(C(=O)O)ccc1Cl. The molecule has 1 aromatic carbocycles. The Bertz CT molecular complexity index is 631. The zero-order valence-electron chi connectivity index (χ0n) is 11.5. The molecule has 0 saturated carbocycles. The number of hydrogen-bond donors (Lipinski definition) is 3. The van der Waals surface area contributed by atoms with Crippen molar-refractivity contribution in [1.82, 2.24) is 4.72 Å². The van der Waals surface area contributed by atoms with Gasteiger partial charge < -0.3 is 10.2 Å². The number of carbonyl (C=O) groups is 1. The van der Waals surface area contributed by atoms with E-state index in [9.17, 15) is 18.3 Å². The van der Waals surface area contributed by atoms with E-state index < -0.39 is 21.6 Å². The highest BCUT2D eigenvalue weighted by Crippen LogP contribution is 2.23. The first kappa shape index (κ1) is 18.2. The lowest BCUT2D eigenvalue weighted by Crippen LogP contribution is -2.42. The molecule has 0 bridgehead atoms. The summed E-state index contributed by atoms with van der Waals surface area (Å²) in [7, 11) is -4.01. The van der Waals surface area contributed by atoms with E-state index in [1.165, 1.54) is 30.8 Å². The molecule has 0 spiro atoms. The number of hydrogen-bond acceptors (Lipinski definition) is 5. The fourth-order valence-corrected chi connectivity index (χ4v) is 3.94. The lowest BCUT2D eigenvalue weighted by atomic mass is 10.1. The summed E-state index contributed by atoms with van der Waals surface area (Å²) in [5.41, 5.74) is -1.40. The second-order valence-corrected chi connectivity index (χ2v) is 7.71. The summed E-state index contributed by atoms with van der Waals surface area (Å²) in [5, 5.41) is 18.8. The summed E-state index contributed by atoms with van der Waals surface area (Å²) < 4.78 is 26.6. The highest BCUT2D eigenvalue weighted by atomic mass is 35.5. The maximum atomic E-state index is 12.2. The molecular formula is C12H16ClNO5S2. The van der Waals surface area contributed by atoms with E-state index in [1.54, 1.807) is 6.26 Å². The first-order valence-electron chi connectivity index (χ1n) is 5.83. The van der Waals surface area contributed by atoms with Crippen molar-refractivity contribution in [1.29, 1.82) is 0 Å². The average molecular weight is 354 g/mol. The van der Waals surface area contributed by atoms with E-state index >= 15 is 0 Å². The lowest BCUT2D eigenvalue weighted by Gasteiger charge is -2.22. The van der Waals surface area contributed by atoms with Crippen LogP contribution >= 0.6 is 23.4 Å². The van der Waals surface area contributed by atoms with Crippen LogP contribution in [0.1, 0.15) is 17.3 Å². The lowest BCUT2D eigenvalue weighted by molar-refractivity contribution is 0.0696. The minimum Gasteiger partial charge on any atom is -0.478 e. The molecule has 0 fully saturated rings. The number of sulfonamides is 1. The molecule has 1 rings (SSSR count). The van der Waals surface area contributed by atoms with Gasteiger partial charge in [-0.05, 0) is 31.4 Å². The maximum absolute atomic E-state index is 12.2. The van der Waals surface area contributed by atoms with Crippen molar-refractivity contribution in [2.75, 3.05) is 18.6 Å². The summed E-state index contributed by atoms with van der Waals surface area (Å²) >= 11 is 7.19. The molecule has 0 radical (unpaired) electrons. The van der Waals surface area contributed by atoms with Crippen LogP contribution in [0.3, 0.4) is 0 Å². The quantitative estimate of drug-likeness (QED) is 0.685. The van der Waals surface area contributed by atoms with Crippen molar-refractivity contribution in [2.24, 2.45) is 0 Å². The maximum Gasteiger partial charge on any atom is 0.335 e. The average Bonchev–Trinajstić information content (AvgIpc) is 2.36. The highest BCUT2D eigenvalue weighted by molar-refractivity contribution is 7.98. The number of benzene rings is 1. The molecule has 118 valence electrons. The van der Waals surface area contributed by atoms with Crippen molar-refractivity contribution in [3.8, 4) is 0 Å². The molecule has 0 aliphatic carbocycles. The number of halogens is 1. The van der Waals surface area contributed by atoms with Gasteiger partial charge in [0.25, 0.3) is 0 Å². The third kappa shape index (κ3) is 5.15. The van der Waals surface area contributed by atoms with Crippen LogP contribution in [0.25, 0.3) is 0 Å². The second-order valence-electron chi connectivity index (χ2n) is 4.70. The highest BCUT2D eigenvalue weighted by Gasteiger charge is 2.25. The smallest absolute Gasteiger partial charge is 0.335 e. The summed E-state index contributed by atoms with van der Waals surface area (Å²) in [6.07, 6.45) is 1.79. The Morgan fingerprint density at radius 1 is 1.48 bits per heavy atom. The molecule has 1 atom stereocenters. The van der Waals surface area contributed by atoms with Gasteiger partial charge in [-0.1, -0.05) is 11.6 Å². The van der Waals surface area contributed by atoms with Crippen molar-refractivity contribution in [2.45, 2.75) is 17.4 Å². The van der Waals surface area contributed by atoms with Gasteiger partial charge in [-0.3, -0.25) is 0 Å². The first-order valence-corrected chi connectivity index (χ1v) is 9.08. The molecule has 6 nitrogen and oxygen atoms in total. The van der Waals surface area contributed by atoms with Gasteiger partial charge in [-0.2, -0.15) is 11.8 Å². The molecule has 1 aromatic rings. The van der Waals surface area contributed by atoms with Gasteiger partial charge in [0.05, 0.1) is 16.2 Å². The van der Waals surface area contributed by atoms with Gasteiger partial charge in [0.2, 0.25) is 10.0 Å². The topological polar surface area (TPSA) is 104 Å². The summed E-state index contributed by atoms with van der Waals surface area (Å²) in [6.45, 7) is 1.30. The Hall–Kier alpha value is -0.800. The van der Waals surface area contributed by atoms with Crippen LogP contribution in [-0.4, -0.2) is 48.8 Å². The number of carboxylic acids is 1. The fourth-order valence-electron chi connectivity index (χ4n) is 1.53. The summed E-state index contributed by atoms with van der Waals surface area (Å²) in [6, 6.07) is 3.41. The zero-order chi connectivity index (χ0) is 16.3. The van der Waals surface area contributed by atoms with Crippen molar-refractivity contribution >= 4 is 39.4 Å². The van der Waals surface area contributed by atoms with E-state index in [1.807, 2.05) is 0 Å². The largest absolute Gasteiger partial charge is 0.478 e. The van der Waals surface area contributed by atoms with E-state index in [4.69, 9.17) is 16.7 Å². The molecule has 0 saturated heterocycles. The number of thioether (sulfide) groups is 1. The van der Waals surface area contributed by atoms with Crippen LogP contribution in [0.4, 0.5) is 0 Å². The van der Waals surface area contributed by atoms with Crippen molar-refractivity contribution < 1.29 is 23.4 Å². The third-order valence-electron chi connectivity index (χ3n) is 2.57. The van der Waals surface area contributed by atoms with Crippen LogP contribution in [0.2, 0.25) is 5.02 Å². The normalized spacial score (nSPS) is 14.7. The number of rotatable bonds is 7. The van der Waals surface area contributed by atoms with E-state index in [0.29, 0.717) is 5.75 Å². The molecule has 0 aliphatic heterocycles. The predicted molar refractivity (Wildman–Crippen MR) is 82.6 cm³/mol. The Morgan fingerprint density at radius 3 is 2.62 bits per heavy atom. The minimum absolute atomic E-state index is 0.0861. The Morgan fingerprint density at radius 2 is 2.10 bits per heavy atom. The van der Waals surface area contributed by atoms with Crippen molar-refractivity contribution in [3.05, 3.63) is 28.8 Å². The monoisotopic (exact) mass is 353 g/mol. The van der Waals surface area contributed by atoms with Crippen LogP contribution in [0.5, 0.6) is 0 Å². The van der Waals surface area contributed by atoms with E-state index in [-0.39, 0.29) is 22.0 Å². The molecular weight excluding hydrogens is 338 g/mol. The number of nitrogens with one attached hydrogen (secondary N) is 1. The molecule has 0 amide bonds. The molecule has 0 aromatic heterocycles. The molecule has 21 heavy (non-hydrogen) atoms. The minimum atomic E-state index is -4.01. The molecule has 1 unspecified atom stereocenters. The Balaban J connectivity index is 3.03. The first-order chi connectivity index (χ1) is 9.59. The number of aromatic carboxylic acids is 1. The van der Waals surface area contributed by atoms with Crippen LogP contribution in [0, 0.1) is 0 Å². The van der Waals surface area contributed by atoms with Gasteiger partial charge in [-0.25, -0.2) is 17.9 Å². The zero-order valence-corrected chi connectivity index (χ0v) is 13.8. The standard InChI is InChI=1S/C12H16ClNO5S2/c1-12(17,7-20-2)6-14-21(18,19)10-5-8(11(15)16)3-4-9(10)13/h3-5,14,17H,6-7H2,1-2H3,(H,15,16). The van der Waals surface area contributed by atoms with Gasteiger partial charge in [0, 0.05) is 12.3 Å². The second kappa shape index (κ2) is 6.97. The van der Waals surface area contributed by atoms with Gasteiger partial charge >= 0.3 is 5.97 Å². The molecule has 9 heteroatoms. The third-order valence-corrected chi connectivity index (χ3v) is 5.36. The summed E-state index contributed by atoms with van der Waals surface area (Å²) in [4.78, 5) is 10.6. The van der Waals surface area contributed by atoms with Crippen LogP contribution < -0.4 is 4.72 Å².